The average Bonchev–Trinajstić information content (AvgIpc) is 2.95. The number of rotatable bonds is 5. The van der Waals surface area contributed by atoms with Gasteiger partial charge in [0.1, 0.15) is 0 Å². The highest BCUT2D eigenvalue weighted by molar-refractivity contribution is 7.99. The van der Waals surface area contributed by atoms with E-state index in [1.54, 1.807) is 36.7 Å². The van der Waals surface area contributed by atoms with Gasteiger partial charge in [-0.3, -0.25) is 9.78 Å². The largest absolute Gasteiger partial charge is 0.305 e. The van der Waals surface area contributed by atoms with Gasteiger partial charge in [-0.05, 0) is 36.4 Å². The van der Waals surface area contributed by atoms with Gasteiger partial charge in [0, 0.05) is 35.6 Å². The zero-order chi connectivity index (χ0) is 16.2. The van der Waals surface area contributed by atoms with E-state index in [9.17, 15) is 4.79 Å². The summed E-state index contributed by atoms with van der Waals surface area (Å²) in [5, 5.41) is 9.65. The molecule has 0 radical (unpaired) electrons. The van der Waals surface area contributed by atoms with E-state index in [1.165, 1.54) is 11.8 Å². The van der Waals surface area contributed by atoms with Gasteiger partial charge < -0.3 is 4.57 Å². The first-order valence-electron chi connectivity index (χ1n) is 6.86. The van der Waals surface area contributed by atoms with Crippen LogP contribution in [-0.4, -0.2) is 31.3 Å². The van der Waals surface area contributed by atoms with Gasteiger partial charge >= 0.3 is 0 Å². The molecule has 5 nitrogen and oxygen atoms in total. The Labute approximate surface area is 142 Å². The molecule has 0 N–H and O–H groups in total. The molecular formula is C16H13ClN4OS. The smallest absolute Gasteiger partial charge is 0.191 e. The third kappa shape index (κ3) is 3.60. The maximum atomic E-state index is 12.2. The van der Waals surface area contributed by atoms with Crippen LogP contribution in [0, 0.1) is 0 Å². The normalized spacial score (nSPS) is 10.7. The second-order valence-corrected chi connectivity index (χ2v) is 6.20. The van der Waals surface area contributed by atoms with E-state index in [0.29, 0.717) is 21.5 Å². The Balaban J connectivity index is 1.71. The molecule has 0 aliphatic carbocycles. The molecule has 0 aliphatic rings. The van der Waals surface area contributed by atoms with Crippen LogP contribution in [0.4, 0.5) is 0 Å². The number of thioether (sulfide) groups is 1. The molecule has 0 bridgehead atoms. The Morgan fingerprint density at radius 2 is 1.83 bits per heavy atom. The van der Waals surface area contributed by atoms with Crippen molar-refractivity contribution < 1.29 is 4.79 Å². The van der Waals surface area contributed by atoms with Crippen molar-refractivity contribution in [1.29, 1.82) is 0 Å². The van der Waals surface area contributed by atoms with Crippen LogP contribution in [0.5, 0.6) is 0 Å². The van der Waals surface area contributed by atoms with Crippen molar-refractivity contribution in [2.75, 3.05) is 5.75 Å². The minimum atomic E-state index is 0.0279. The Hall–Kier alpha value is -2.18. The summed E-state index contributed by atoms with van der Waals surface area (Å²) in [6.45, 7) is 0. The van der Waals surface area contributed by atoms with Crippen LogP contribution in [-0.2, 0) is 7.05 Å². The van der Waals surface area contributed by atoms with Crippen LogP contribution in [0.25, 0.3) is 11.4 Å². The molecule has 1 aromatic carbocycles. The lowest BCUT2D eigenvalue weighted by molar-refractivity contribution is 0.102. The first-order valence-corrected chi connectivity index (χ1v) is 8.23. The number of carbonyl (C=O) groups is 1. The Bertz CT molecular complexity index is 818. The molecule has 0 saturated carbocycles. The molecule has 0 saturated heterocycles. The molecule has 3 aromatic rings. The monoisotopic (exact) mass is 344 g/mol. The lowest BCUT2D eigenvalue weighted by Gasteiger charge is -2.04. The predicted octanol–water partition coefficient (Wildman–Crippen LogP) is 3.51. The van der Waals surface area contributed by atoms with Crippen molar-refractivity contribution >= 4 is 29.1 Å². The Kier molecular flexibility index (Phi) is 4.73. The summed E-state index contributed by atoms with van der Waals surface area (Å²) in [6.07, 6.45) is 3.42. The lowest BCUT2D eigenvalue weighted by atomic mass is 10.1. The minimum Gasteiger partial charge on any atom is -0.305 e. The van der Waals surface area contributed by atoms with Gasteiger partial charge in [0.05, 0.1) is 5.75 Å². The number of benzene rings is 1. The number of carbonyl (C=O) groups excluding carboxylic acids is 1. The molecule has 7 heteroatoms. The third-order valence-electron chi connectivity index (χ3n) is 3.27. The van der Waals surface area contributed by atoms with Crippen LogP contribution >= 0.6 is 23.4 Å². The van der Waals surface area contributed by atoms with Gasteiger partial charge in [0.25, 0.3) is 0 Å². The number of hydrogen-bond donors (Lipinski definition) is 0. The molecule has 3 rings (SSSR count). The van der Waals surface area contributed by atoms with Crippen LogP contribution in [0.1, 0.15) is 10.4 Å². The molecule has 116 valence electrons. The number of aromatic nitrogens is 4. The zero-order valence-electron chi connectivity index (χ0n) is 12.3. The third-order valence-corrected chi connectivity index (χ3v) is 4.54. The number of Topliss-reactive ketones (excluding diaryl/α,β-unsaturated/α-hetero) is 1. The van der Waals surface area contributed by atoms with E-state index in [0.717, 1.165) is 11.4 Å². The van der Waals surface area contributed by atoms with Crippen LogP contribution in [0.2, 0.25) is 5.02 Å². The number of hydrogen-bond acceptors (Lipinski definition) is 5. The van der Waals surface area contributed by atoms with Gasteiger partial charge in [0.2, 0.25) is 0 Å². The fourth-order valence-electron chi connectivity index (χ4n) is 2.04. The molecule has 0 unspecified atom stereocenters. The molecule has 23 heavy (non-hydrogen) atoms. The maximum Gasteiger partial charge on any atom is 0.191 e. The highest BCUT2D eigenvalue weighted by Crippen LogP contribution is 2.23. The fourth-order valence-corrected chi connectivity index (χ4v) is 2.97. The van der Waals surface area contributed by atoms with E-state index < -0.39 is 0 Å². The van der Waals surface area contributed by atoms with Crippen molar-refractivity contribution in [2.45, 2.75) is 5.16 Å². The van der Waals surface area contributed by atoms with Gasteiger partial charge in [-0.2, -0.15) is 0 Å². The number of nitrogens with zero attached hydrogens (tertiary/aromatic N) is 4. The second kappa shape index (κ2) is 6.93. The zero-order valence-corrected chi connectivity index (χ0v) is 13.9. The SMILES string of the molecule is Cn1c(SCC(=O)c2ccc(Cl)cc2)nnc1-c1ccncc1. The molecule has 2 heterocycles. The molecule has 0 amide bonds. The predicted molar refractivity (Wildman–Crippen MR) is 90.7 cm³/mol. The van der Waals surface area contributed by atoms with Crippen LogP contribution in [0.3, 0.4) is 0 Å². The van der Waals surface area contributed by atoms with Crippen molar-refractivity contribution in [1.82, 2.24) is 19.7 Å². The quantitative estimate of drug-likeness (QED) is 0.523. The van der Waals surface area contributed by atoms with E-state index in [2.05, 4.69) is 15.2 Å². The summed E-state index contributed by atoms with van der Waals surface area (Å²) >= 11 is 7.19. The molecule has 0 fully saturated rings. The van der Waals surface area contributed by atoms with Gasteiger partial charge in [-0.1, -0.05) is 23.4 Å². The first kappa shape index (κ1) is 15.7. The van der Waals surface area contributed by atoms with E-state index in [-0.39, 0.29) is 5.78 Å². The first-order chi connectivity index (χ1) is 11.1. The summed E-state index contributed by atoms with van der Waals surface area (Å²) in [5.74, 6) is 1.07. The van der Waals surface area contributed by atoms with Crippen LogP contribution < -0.4 is 0 Å². The molecule has 0 spiro atoms. The van der Waals surface area contributed by atoms with Crippen molar-refractivity contribution in [2.24, 2.45) is 7.05 Å². The van der Waals surface area contributed by atoms with Gasteiger partial charge in [-0.25, -0.2) is 0 Å². The van der Waals surface area contributed by atoms with Crippen LogP contribution in [0.15, 0.2) is 53.9 Å². The van der Waals surface area contributed by atoms with Crippen molar-refractivity contribution in [3.8, 4) is 11.4 Å². The van der Waals surface area contributed by atoms with Gasteiger partial charge in [-0.15, -0.1) is 10.2 Å². The van der Waals surface area contributed by atoms with E-state index >= 15 is 0 Å². The topological polar surface area (TPSA) is 60.7 Å². The van der Waals surface area contributed by atoms with Crippen molar-refractivity contribution in [3.63, 3.8) is 0 Å². The van der Waals surface area contributed by atoms with Gasteiger partial charge in [0.15, 0.2) is 16.8 Å². The summed E-state index contributed by atoms with van der Waals surface area (Å²) in [7, 11) is 1.88. The minimum absolute atomic E-state index is 0.0279. The summed E-state index contributed by atoms with van der Waals surface area (Å²) in [5.41, 5.74) is 1.57. The highest BCUT2D eigenvalue weighted by Gasteiger charge is 2.13. The highest BCUT2D eigenvalue weighted by atomic mass is 35.5. The molecule has 0 atom stereocenters. The second-order valence-electron chi connectivity index (χ2n) is 4.82. The number of halogens is 1. The number of pyridine rings is 1. The molecular weight excluding hydrogens is 332 g/mol. The van der Waals surface area contributed by atoms with Crippen molar-refractivity contribution in [3.05, 3.63) is 59.4 Å². The summed E-state index contributed by atoms with van der Waals surface area (Å²) in [6, 6.07) is 10.6. The fraction of sp³-hybridized carbons (Fsp3) is 0.125. The van der Waals surface area contributed by atoms with E-state index in [4.69, 9.17) is 11.6 Å². The summed E-state index contributed by atoms with van der Waals surface area (Å²) in [4.78, 5) is 16.2. The molecule has 2 aromatic heterocycles. The average molecular weight is 345 g/mol. The van der Waals surface area contributed by atoms with E-state index in [1.807, 2.05) is 23.7 Å². The maximum absolute atomic E-state index is 12.2. The molecule has 0 aliphatic heterocycles. The lowest BCUT2D eigenvalue weighted by Crippen LogP contribution is -2.03. The Morgan fingerprint density at radius 1 is 1.13 bits per heavy atom. The summed E-state index contributed by atoms with van der Waals surface area (Å²) < 4.78 is 1.87. The Morgan fingerprint density at radius 3 is 2.52 bits per heavy atom. The number of ketones is 1. The standard InChI is InChI=1S/C16H13ClN4OS/c1-21-15(12-6-8-18-9-7-12)19-20-16(21)23-10-14(22)11-2-4-13(17)5-3-11/h2-9H,10H2,1H3.